The van der Waals surface area contributed by atoms with Crippen molar-refractivity contribution >= 4 is 17.2 Å². The summed E-state index contributed by atoms with van der Waals surface area (Å²) in [6.07, 6.45) is 7.10. The van der Waals surface area contributed by atoms with Crippen LogP contribution in [-0.2, 0) is 6.42 Å². The number of piperidine rings is 1. The fourth-order valence-corrected chi connectivity index (χ4v) is 3.98. The van der Waals surface area contributed by atoms with E-state index in [2.05, 4.69) is 28.6 Å². The summed E-state index contributed by atoms with van der Waals surface area (Å²) >= 11 is 1.61. The summed E-state index contributed by atoms with van der Waals surface area (Å²) in [7, 11) is 0. The van der Waals surface area contributed by atoms with Gasteiger partial charge < -0.3 is 10.2 Å². The maximum atomic E-state index is 12.8. The predicted octanol–water partition coefficient (Wildman–Crippen LogP) is 3.06. The van der Waals surface area contributed by atoms with Crippen LogP contribution >= 0.6 is 11.3 Å². The molecule has 1 aromatic rings. The number of nitrogens with one attached hydrogen (secondary N) is 1. The molecule has 1 aromatic heterocycles. The van der Waals surface area contributed by atoms with Crippen LogP contribution in [0.5, 0.6) is 0 Å². The minimum absolute atomic E-state index is 0.270. The molecule has 4 heteroatoms. The summed E-state index contributed by atoms with van der Waals surface area (Å²) in [4.78, 5) is 16.0. The largest absolute Gasteiger partial charge is 0.333 e. The number of hydrogen-bond acceptors (Lipinski definition) is 3. The molecular weight excluding hydrogens is 268 g/mol. The van der Waals surface area contributed by atoms with Crippen molar-refractivity contribution in [3.63, 3.8) is 0 Å². The van der Waals surface area contributed by atoms with Gasteiger partial charge in [-0.15, -0.1) is 11.3 Å². The highest BCUT2D eigenvalue weighted by Crippen LogP contribution is 2.31. The molecule has 0 radical (unpaired) electrons. The molecule has 1 atom stereocenters. The van der Waals surface area contributed by atoms with Crippen LogP contribution in [0, 0.1) is 0 Å². The molecule has 2 fully saturated rings. The Bertz CT molecular complexity index is 461. The molecule has 1 saturated carbocycles. The average molecular weight is 292 g/mol. The summed E-state index contributed by atoms with van der Waals surface area (Å²) < 4.78 is 0. The molecule has 1 aliphatic heterocycles. The van der Waals surface area contributed by atoms with Gasteiger partial charge in [0.1, 0.15) is 0 Å². The minimum atomic E-state index is 0.270. The van der Waals surface area contributed by atoms with Crippen molar-refractivity contribution in [1.29, 1.82) is 0 Å². The number of carbonyl (C=O) groups is 1. The third-order valence-electron chi connectivity index (χ3n) is 4.40. The van der Waals surface area contributed by atoms with E-state index in [1.54, 1.807) is 11.3 Å². The molecule has 0 spiro atoms. The SMILES string of the molecule is CCc1ccsc1C(=O)N(CC1CCCCN1)C1CC1. The normalized spacial score (nSPS) is 22.8. The Morgan fingerprint density at radius 2 is 2.25 bits per heavy atom. The third-order valence-corrected chi connectivity index (χ3v) is 5.34. The summed E-state index contributed by atoms with van der Waals surface area (Å²) in [5.74, 6) is 0.270. The molecular formula is C16H24N2OS. The molecule has 2 aliphatic rings. The lowest BCUT2D eigenvalue weighted by molar-refractivity contribution is 0.0722. The van der Waals surface area contributed by atoms with Crippen LogP contribution in [0.4, 0.5) is 0 Å². The summed E-state index contributed by atoms with van der Waals surface area (Å²) in [5.41, 5.74) is 1.21. The van der Waals surface area contributed by atoms with E-state index in [-0.39, 0.29) is 5.91 Å². The van der Waals surface area contributed by atoms with E-state index in [0.717, 1.165) is 24.4 Å². The fourth-order valence-electron chi connectivity index (χ4n) is 3.03. The number of thiophene rings is 1. The zero-order valence-electron chi connectivity index (χ0n) is 12.2. The number of amides is 1. The van der Waals surface area contributed by atoms with Gasteiger partial charge in [-0.2, -0.15) is 0 Å². The van der Waals surface area contributed by atoms with Gasteiger partial charge in [-0.25, -0.2) is 0 Å². The maximum Gasteiger partial charge on any atom is 0.264 e. The Balaban J connectivity index is 1.71. The van der Waals surface area contributed by atoms with E-state index in [9.17, 15) is 4.79 Å². The lowest BCUT2D eigenvalue weighted by atomic mass is 10.0. The van der Waals surface area contributed by atoms with Crippen LogP contribution in [0.15, 0.2) is 11.4 Å². The Hall–Kier alpha value is -0.870. The second-order valence-corrected chi connectivity index (χ2v) is 6.88. The van der Waals surface area contributed by atoms with Crippen molar-refractivity contribution in [2.24, 2.45) is 0 Å². The van der Waals surface area contributed by atoms with Crippen molar-refractivity contribution < 1.29 is 4.79 Å². The van der Waals surface area contributed by atoms with Gasteiger partial charge in [-0.3, -0.25) is 4.79 Å². The number of hydrogen-bond donors (Lipinski definition) is 1. The zero-order chi connectivity index (χ0) is 13.9. The number of carbonyl (C=O) groups excluding carboxylic acids is 1. The molecule has 1 unspecified atom stereocenters. The topological polar surface area (TPSA) is 32.3 Å². The zero-order valence-corrected chi connectivity index (χ0v) is 13.0. The highest BCUT2D eigenvalue weighted by atomic mass is 32.1. The highest BCUT2D eigenvalue weighted by molar-refractivity contribution is 7.12. The summed E-state index contributed by atoms with van der Waals surface area (Å²) in [5, 5.41) is 5.62. The lowest BCUT2D eigenvalue weighted by Crippen LogP contribution is -2.46. The van der Waals surface area contributed by atoms with Gasteiger partial charge in [-0.05, 0) is 55.7 Å². The molecule has 0 bridgehead atoms. The van der Waals surface area contributed by atoms with Gasteiger partial charge in [0.05, 0.1) is 4.88 Å². The Morgan fingerprint density at radius 3 is 2.90 bits per heavy atom. The Morgan fingerprint density at radius 1 is 1.40 bits per heavy atom. The Kier molecular flexibility index (Phi) is 4.41. The number of aryl methyl sites for hydroxylation is 1. The highest BCUT2D eigenvalue weighted by Gasteiger charge is 2.35. The molecule has 20 heavy (non-hydrogen) atoms. The van der Waals surface area contributed by atoms with Crippen LogP contribution in [-0.4, -0.2) is 36.0 Å². The van der Waals surface area contributed by atoms with Gasteiger partial charge in [0.2, 0.25) is 0 Å². The molecule has 0 aromatic carbocycles. The number of nitrogens with zero attached hydrogens (tertiary/aromatic N) is 1. The van der Waals surface area contributed by atoms with Gasteiger partial charge in [0, 0.05) is 18.6 Å². The molecule has 3 rings (SSSR count). The smallest absolute Gasteiger partial charge is 0.264 e. The van der Waals surface area contributed by atoms with Crippen LogP contribution in [0.1, 0.15) is 54.3 Å². The van der Waals surface area contributed by atoms with E-state index in [1.165, 1.54) is 37.7 Å². The minimum Gasteiger partial charge on any atom is -0.333 e. The van der Waals surface area contributed by atoms with Crippen LogP contribution in [0.3, 0.4) is 0 Å². The summed E-state index contributed by atoms with van der Waals surface area (Å²) in [6, 6.07) is 3.10. The van der Waals surface area contributed by atoms with E-state index in [4.69, 9.17) is 0 Å². The first-order chi connectivity index (χ1) is 9.79. The quantitative estimate of drug-likeness (QED) is 0.904. The molecule has 1 N–H and O–H groups in total. The standard InChI is InChI=1S/C16H24N2OS/c1-2-12-8-10-20-15(12)16(19)18(14-6-7-14)11-13-5-3-4-9-17-13/h8,10,13-14,17H,2-7,9,11H2,1H3. The van der Waals surface area contributed by atoms with Gasteiger partial charge in [0.25, 0.3) is 5.91 Å². The first kappa shape index (κ1) is 14.1. The molecule has 2 heterocycles. The van der Waals surface area contributed by atoms with Gasteiger partial charge >= 0.3 is 0 Å². The van der Waals surface area contributed by atoms with E-state index in [1.807, 2.05) is 0 Å². The summed E-state index contributed by atoms with van der Waals surface area (Å²) in [6.45, 7) is 4.13. The molecule has 110 valence electrons. The van der Waals surface area contributed by atoms with Gasteiger partial charge in [-0.1, -0.05) is 13.3 Å². The second kappa shape index (κ2) is 6.27. The monoisotopic (exact) mass is 292 g/mol. The fraction of sp³-hybridized carbons (Fsp3) is 0.688. The first-order valence-corrected chi connectivity index (χ1v) is 8.78. The van der Waals surface area contributed by atoms with Gasteiger partial charge in [0.15, 0.2) is 0 Å². The lowest BCUT2D eigenvalue weighted by Gasteiger charge is -2.30. The Labute approximate surface area is 125 Å². The molecule has 3 nitrogen and oxygen atoms in total. The number of rotatable bonds is 5. The van der Waals surface area contributed by atoms with E-state index >= 15 is 0 Å². The van der Waals surface area contributed by atoms with Crippen molar-refractivity contribution in [1.82, 2.24) is 10.2 Å². The maximum absolute atomic E-state index is 12.8. The second-order valence-electron chi connectivity index (χ2n) is 5.96. The van der Waals surface area contributed by atoms with Crippen LogP contribution < -0.4 is 5.32 Å². The van der Waals surface area contributed by atoms with Crippen molar-refractivity contribution in [2.75, 3.05) is 13.1 Å². The first-order valence-electron chi connectivity index (χ1n) is 7.90. The van der Waals surface area contributed by atoms with E-state index in [0.29, 0.717) is 12.1 Å². The molecule has 1 saturated heterocycles. The van der Waals surface area contributed by atoms with Crippen molar-refractivity contribution in [3.05, 3.63) is 21.9 Å². The van der Waals surface area contributed by atoms with Crippen LogP contribution in [0.25, 0.3) is 0 Å². The third kappa shape index (κ3) is 3.07. The van der Waals surface area contributed by atoms with Crippen molar-refractivity contribution in [3.8, 4) is 0 Å². The average Bonchev–Trinajstić information content (AvgIpc) is 3.21. The predicted molar refractivity (Wildman–Crippen MR) is 83.4 cm³/mol. The van der Waals surface area contributed by atoms with E-state index < -0.39 is 0 Å². The molecule has 1 amide bonds. The van der Waals surface area contributed by atoms with Crippen LogP contribution in [0.2, 0.25) is 0 Å². The molecule has 1 aliphatic carbocycles. The van der Waals surface area contributed by atoms with Crippen molar-refractivity contribution in [2.45, 2.75) is 57.5 Å².